The van der Waals surface area contributed by atoms with E-state index in [-0.39, 0.29) is 0 Å². The molecule has 0 radical (unpaired) electrons. The molecule has 2 aromatic heterocycles. The fourth-order valence-electron chi connectivity index (χ4n) is 7.49. The molecule has 8 aromatic carbocycles. The van der Waals surface area contributed by atoms with Crippen molar-refractivity contribution < 1.29 is 4.42 Å². The predicted octanol–water partition coefficient (Wildman–Crippen LogP) is 13.3. The quantitative estimate of drug-likeness (QED) is 0.183. The van der Waals surface area contributed by atoms with Crippen LogP contribution in [0.25, 0.3) is 97.0 Å². The second kappa shape index (κ2) is 9.90. The molecule has 0 aliphatic carbocycles. The van der Waals surface area contributed by atoms with Crippen molar-refractivity contribution in [2.75, 3.05) is 0 Å². The highest BCUT2D eigenvalue weighted by atomic mass is 32.1. The smallest absolute Gasteiger partial charge is 0.137 e. The van der Waals surface area contributed by atoms with Crippen LogP contribution in [0, 0.1) is 0 Å². The molecule has 0 spiro atoms. The zero-order valence-corrected chi connectivity index (χ0v) is 25.6. The Balaban J connectivity index is 1.38. The van der Waals surface area contributed by atoms with Gasteiger partial charge in [0.2, 0.25) is 0 Å². The highest BCUT2D eigenvalue weighted by Gasteiger charge is 2.23. The maximum atomic E-state index is 6.61. The van der Waals surface area contributed by atoms with Crippen molar-refractivity contribution in [1.82, 2.24) is 0 Å². The molecule has 0 bridgehead atoms. The Morgan fingerprint density at radius 1 is 0.391 bits per heavy atom. The molecule has 0 N–H and O–H groups in total. The molecule has 0 amide bonds. The van der Waals surface area contributed by atoms with Crippen molar-refractivity contribution in [1.29, 1.82) is 0 Å². The Hall–Kier alpha value is -5.70. The van der Waals surface area contributed by atoms with Crippen LogP contribution in [-0.2, 0) is 0 Å². The first kappa shape index (κ1) is 25.6. The van der Waals surface area contributed by atoms with Gasteiger partial charge in [-0.3, -0.25) is 0 Å². The first-order valence-electron chi connectivity index (χ1n) is 15.7. The summed E-state index contributed by atoms with van der Waals surface area (Å²) in [4.78, 5) is 1.26. The summed E-state index contributed by atoms with van der Waals surface area (Å²) in [5.74, 6) is 0. The summed E-state index contributed by atoms with van der Waals surface area (Å²) in [6, 6.07) is 57.1. The zero-order valence-electron chi connectivity index (χ0n) is 24.8. The molecule has 0 fully saturated rings. The molecular weight excluding hydrogens is 577 g/mol. The second-order valence-corrected chi connectivity index (χ2v) is 13.0. The Morgan fingerprint density at radius 2 is 0.957 bits per heavy atom. The lowest BCUT2D eigenvalue weighted by molar-refractivity contribution is 0.669. The monoisotopic (exact) mass is 602 g/mol. The van der Waals surface area contributed by atoms with Crippen LogP contribution >= 0.6 is 11.3 Å². The largest absolute Gasteiger partial charge is 0.456 e. The normalized spacial score (nSPS) is 11.9. The lowest BCUT2D eigenvalue weighted by Crippen LogP contribution is -1.92. The van der Waals surface area contributed by atoms with Crippen LogP contribution in [0.3, 0.4) is 0 Å². The Bertz CT molecular complexity index is 2740. The van der Waals surface area contributed by atoms with Gasteiger partial charge in [0.25, 0.3) is 0 Å². The fraction of sp³-hybridized carbons (Fsp3) is 0. The average Bonchev–Trinajstić information content (AvgIpc) is 3.73. The molecule has 0 unspecified atom stereocenters. The molecule has 10 aromatic rings. The molecule has 10 rings (SSSR count). The van der Waals surface area contributed by atoms with Gasteiger partial charge in [0, 0.05) is 25.7 Å². The summed E-state index contributed by atoms with van der Waals surface area (Å²) in [6.45, 7) is 0. The molecule has 0 saturated carbocycles. The topological polar surface area (TPSA) is 13.1 Å². The number of benzene rings is 8. The lowest BCUT2D eigenvalue weighted by Gasteiger charge is -2.19. The molecule has 214 valence electrons. The molecular formula is C44H26OS. The van der Waals surface area contributed by atoms with Crippen LogP contribution in [0.5, 0.6) is 0 Å². The minimum atomic E-state index is 0.923. The van der Waals surface area contributed by atoms with E-state index in [1.165, 1.54) is 80.5 Å². The van der Waals surface area contributed by atoms with Gasteiger partial charge in [-0.25, -0.2) is 0 Å². The summed E-state index contributed by atoms with van der Waals surface area (Å²) in [5, 5.41) is 11.1. The molecule has 1 nitrogen and oxygen atoms in total. The maximum absolute atomic E-state index is 6.61. The van der Waals surface area contributed by atoms with Crippen molar-refractivity contribution in [2.45, 2.75) is 0 Å². The van der Waals surface area contributed by atoms with Crippen LogP contribution < -0.4 is 0 Å². The van der Waals surface area contributed by atoms with E-state index >= 15 is 0 Å². The van der Waals surface area contributed by atoms with E-state index in [0.29, 0.717) is 0 Å². The number of rotatable bonds is 3. The highest BCUT2D eigenvalue weighted by Crippen LogP contribution is 2.50. The summed E-state index contributed by atoms with van der Waals surface area (Å²) in [5.41, 5.74) is 8.08. The minimum Gasteiger partial charge on any atom is -0.456 e. The summed E-state index contributed by atoms with van der Waals surface area (Å²) in [6.07, 6.45) is 0. The zero-order chi connectivity index (χ0) is 30.2. The highest BCUT2D eigenvalue weighted by molar-refractivity contribution is 7.23. The van der Waals surface area contributed by atoms with Gasteiger partial charge in [-0.2, -0.15) is 0 Å². The maximum Gasteiger partial charge on any atom is 0.137 e. The van der Waals surface area contributed by atoms with Crippen molar-refractivity contribution in [3.05, 3.63) is 158 Å². The van der Waals surface area contributed by atoms with E-state index in [1.54, 1.807) is 0 Å². The number of hydrogen-bond donors (Lipinski definition) is 0. The van der Waals surface area contributed by atoms with Gasteiger partial charge in [0.05, 0.1) is 0 Å². The number of hydrogen-bond acceptors (Lipinski definition) is 2. The lowest BCUT2D eigenvalue weighted by atomic mass is 9.84. The van der Waals surface area contributed by atoms with E-state index in [0.717, 1.165) is 16.6 Å². The molecule has 46 heavy (non-hydrogen) atoms. The van der Waals surface area contributed by atoms with E-state index in [1.807, 2.05) is 11.3 Å². The van der Waals surface area contributed by atoms with E-state index in [9.17, 15) is 0 Å². The summed E-state index contributed by atoms with van der Waals surface area (Å²) < 4.78 is 7.88. The number of furan rings is 1. The fourth-order valence-corrected chi connectivity index (χ4v) is 8.73. The predicted molar refractivity (Wildman–Crippen MR) is 198 cm³/mol. The van der Waals surface area contributed by atoms with Gasteiger partial charge in [0.15, 0.2) is 0 Å². The summed E-state index contributed by atoms with van der Waals surface area (Å²) in [7, 11) is 0. The van der Waals surface area contributed by atoms with Crippen molar-refractivity contribution in [3.63, 3.8) is 0 Å². The van der Waals surface area contributed by atoms with Crippen LogP contribution in [0.2, 0.25) is 0 Å². The molecule has 0 saturated heterocycles. The number of fused-ring (bicyclic) bond motifs is 8. The number of para-hydroxylation sites is 1. The molecule has 0 atom stereocenters. The molecule has 2 heteroatoms. The van der Waals surface area contributed by atoms with Gasteiger partial charge >= 0.3 is 0 Å². The van der Waals surface area contributed by atoms with Crippen LogP contribution in [0.15, 0.2) is 162 Å². The van der Waals surface area contributed by atoms with E-state index in [2.05, 4.69) is 158 Å². The molecule has 0 aliphatic heterocycles. The van der Waals surface area contributed by atoms with E-state index in [4.69, 9.17) is 4.42 Å². The van der Waals surface area contributed by atoms with E-state index < -0.39 is 0 Å². The van der Waals surface area contributed by atoms with Gasteiger partial charge < -0.3 is 4.42 Å². The summed E-state index contributed by atoms with van der Waals surface area (Å²) >= 11 is 1.86. The van der Waals surface area contributed by atoms with Gasteiger partial charge in [-0.15, -0.1) is 11.3 Å². The third-order valence-corrected chi connectivity index (χ3v) is 10.7. The minimum absolute atomic E-state index is 0.923. The van der Waals surface area contributed by atoms with Crippen LogP contribution in [0.1, 0.15) is 0 Å². The Kier molecular flexibility index (Phi) is 5.51. The Labute approximate surface area is 269 Å². The number of thiophene rings is 1. The van der Waals surface area contributed by atoms with Gasteiger partial charge in [0.1, 0.15) is 11.2 Å². The van der Waals surface area contributed by atoms with Crippen molar-refractivity contribution in [3.8, 4) is 32.7 Å². The third-order valence-electron chi connectivity index (χ3n) is 9.47. The molecule has 0 aliphatic rings. The second-order valence-electron chi connectivity index (χ2n) is 12.0. The van der Waals surface area contributed by atoms with Gasteiger partial charge in [-0.05, 0) is 78.3 Å². The van der Waals surface area contributed by atoms with Crippen LogP contribution in [0.4, 0.5) is 0 Å². The first-order valence-corrected chi connectivity index (χ1v) is 16.5. The van der Waals surface area contributed by atoms with Crippen molar-refractivity contribution >= 4 is 75.7 Å². The van der Waals surface area contributed by atoms with Gasteiger partial charge in [-0.1, -0.05) is 140 Å². The average molecular weight is 603 g/mol. The Morgan fingerprint density at radius 3 is 1.67 bits per heavy atom. The molecule has 2 heterocycles. The van der Waals surface area contributed by atoms with Crippen LogP contribution in [-0.4, -0.2) is 0 Å². The SMILES string of the molecule is c1ccc(-c2cc3c(-c4c5ccccc5c(-c5cccc6ccccc56)c5ccccc45)cc4oc5ccccc5c4c3s2)cc1. The third kappa shape index (κ3) is 3.68. The first-order chi connectivity index (χ1) is 22.8. The standard InChI is InChI=1S/C44H26OS/c1-2-14-28(15-3-1)40-26-37-36(25-39-43(44(37)46-40)35-22-10-11-24-38(35)45-39)42-33-20-8-6-18-31(33)41(32-19-7-9-21-34(32)42)30-23-12-16-27-13-4-5-17-29(27)30/h1-26H. The van der Waals surface area contributed by atoms with Crippen molar-refractivity contribution in [2.24, 2.45) is 0 Å².